The van der Waals surface area contributed by atoms with Crippen LogP contribution in [0.2, 0.25) is 0 Å². The number of H-pyrrole nitrogens is 2. The van der Waals surface area contributed by atoms with Crippen LogP contribution in [0.1, 0.15) is 18.1 Å². The maximum Gasteiger partial charge on any atom is 0.325 e. The van der Waals surface area contributed by atoms with E-state index in [0.717, 1.165) is 0 Å². The topological polar surface area (TPSA) is 149 Å². The van der Waals surface area contributed by atoms with Gasteiger partial charge in [-0.25, -0.2) is 9.59 Å². The highest BCUT2D eigenvalue weighted by atomic mass is 16.6. The Balaban J connectivity index is 1.84. The van der Waals surface area contributed by atoms with E-state index >= 15 is 0 Å². The number of hydrogen-bond acceptors (Lipinski definition) is 6. The molecule has 0 spiro atoms. The minimum absolute atomic E-state index is 0.278. The number of aromatic nitrogens is 2. The van der Waals surface area contributed by atoms with Gasteiger partial charge in [-0.05, 0) is 0 Å². The number of ether oxygens (including phenoxy) is 3. The summed E-state index contributed by atoms with van der Waals surface area (Å²) in [6.07, 6.45) is -0.0254. The first-order valence-corrected chi connectivity index (χ1v) is 7.17. The lowest BCUT2D eigenvalue weighted by molar-refractivity contribution is -0.136. The Morgan fingerprint density at radius 2 is 2.26 bits per heavy atom. The van der Waals surface area contributed by atoms with Gasteiger partial charge in [0.05, 0.1) is 30.4 Å². The fraction of sp³-hybridized carbons (Fsp3) is 0.615. The molecular weight excluding hydrogens is 308 g/mol. The molecule has 0 aliphatic carbocycles. The van der Waals surface area contributed by atoms with Crippen LogP contribution < -0.4 is 22.3 Å². The Labute approximate surface area is 130 Å². The van der Waals surface area contributed by atoms with E-state index in [4.69, 9.17) is 19.9 Å². The normalized spacial score (nSPS) is 33.2. The van der Waals surface area contributed by atoms with Gasteiger partial charge in [-0.3, -0.25) is 9.78 Å². The van der Waals surface area contributed by atoms with Gasteiger partial charge in [-0.15, -0.1) is 0 Å². The number of aromatic amines is 2. The van der Waals surface area contributed by atoms with Gasteiger partial charge in [0.25, 0.3) is 5.56 Å². The van der Waals surface area contributed by atoms with Crippen molar-refractivity contribution in [1.29, 1.82) is 0 Å². The summed E-state index contributed by atoms with van der Waals surface area (Å²) >= 11 is 0. The van der Waals surface area contributed by atoms with Crippen LogP contribution in [-0.4, -0.2) is 54.1 Å². The summed E-state index contributed by atoms with van der Waals surface area (Å²) in [7, 11) is 1.50. The number of primary amides is 1. The van der Waals surface area contributed by atoms with E-state index in [0.29, 0.717) is 12.0 Å². The van der Waals surface area contributed by atoms with Crippen LogP contribution in [0, 0.1) is 0 Å². The summed E-state index contributed by atoms with van der Waals surface area (Å²) in [5.74, 6) is 0. The van der Waals surface area contributed by atoms with Crippen LogP contribution in [-0.2, 0) is 14.2 Å². The third-order valence-corrected chi connectivity index (χ3v) is 4.17. The van der Waals surface area contributed by atoms with Crippen molar-refractivity contribution >= 4 is 6.03 Å². The Kier molecular flexibility index (Phi) is 4.20. The number of methoxy groups -OCH3 is 1. The van der Waals surface area contributed by atoms with Gasteiger partial charge >= 0.3 is 11.7 Å². The number of urea groups is 1. The molecule has 126 valence electrons. The lowest BCUT2D eigenvalue weighted by Gasteiger charge is -2.38. The molecule has 10 nitrogen and oxygen atoms in total. The third kappa shape index (κ3) is 3.00. The summed E-state index contributed by atoms with van der Waals surface area (Å²) in [5, 5.41) is 2.62. The van der Waals surface area contributed by atoms with E-state index in [1.165, 1.54) is 13.3 Å². The van der Waals surface area contributed by atoms with E-state index in [1.807, 2.05) is 0 Å². The van der Waals surface area contributed by atoms with Crippen LogP contribution in [0.5, 0.6) is 0 Å². The van der Waals surface area contributed by atoms with Gasteiger partial charge in [0.1, 0.15) is 12.2 Å². The number of amides is 2. The zero-order valence-electron chi connectivity index (χ0n) is 12.4. The van der Waals surface area contributed by atoms with E-state index < -0.39 is 41.6 Å². The first kappa shape index (κ1) is 15.7. The molecule has 2 amide bonds. The van der Waals surface area contributed by atoms with Crippen molar-refractivity contribution in [3.8, 4) is 0 Å². The van der Waals surface area contributed by atoms with Gasteiger partial charge in [0.2, 0.25) is 0 Å². The first-order chi connectivity index (χ1) is 11.0. The number of carbonyl (C=O) groups is 1. The number of carbonyl (C=O) groups excluding carboxylic acids is 1. The second kappa shape index (κ2) is 6.14. The number of hydrogen-bond donors (Lipinski definition) is 4. The quantitative estimate of drug-likeness (QED) is 0.522. The Morgan fingerprint density at radius 1 is 1.48 bits per heavy atom. The zero-order chi connectivity index (χ0) is 16.6. The van der Waals surface area contributed by atoms with Crippen molar-refractivity contribution in [3.05, 3.63) is 32.6 Å². The molecule has 2 aliphatic heterocycles. The molecule has 5 unspecified atom stereocenters. The van der Waals surface area contributed by atoms with Crippen molar-refractivity contribution in [3.63, 3.8) is 0 Å². The Bertz CT molecular complexity index is 700. The van der Waals surface area contributed by atoms with Gasteiger partial charge < -0.3 is 30.2 Å². The van der Waals surface area contributed by atoms with Crippen LogP contribution in [0.4, 0.5) is 4.79 Å². The Hall–Kier alpha value is -2.17. The molecule has 3 heterocycles. The minimum atomic E-state index is -0.688. The van der Waals surface area contributed by atoms with Crippen LogP contribution in [0.25, 0.3) is 0 Å². The van der Waals surface area contributed by atoms with Gasteiger partial charge in [0, 0.05) is 19.7 Å². The zero-order valence-corrected chi connectivity index (χ0v) is 12.4. The van der Waals surface area contributed by atoms with E-state index in [9.17, 15) is 14.4 Å². The van der Waals surface area contributed by atoms with E-state index in [2.05, 4.69) is 15.3 Å². The Morgan fingerprint density at radius 3 is 2.91 bits per heavy atom. The van der Waals surface area contributed by atoms with Gasteiger partial charge in [-0.2, -0.15) is 0 Å². The fourth-order valence-corrected chi connectivity index (χ4v) is 3.10. The maximum atomic E-state index is 11.9. The predicted molar refractivity (Wildman–Crippen MR) is 77.0 cm³/mol. The molecule has 1 aromatic heterocycles. The second-order valence-corrected chi connectivity index (χ2v) is 5.53. The van der Waals surface area contributed by atoms with Gasteiger partial charge in [-0.1, -0.05) is 0 Å². The monoisotopic (exact) mass is 326 g/mol. The fourth-order valence-electron chi connectivity index (χ4n) is 3.10. The number of rotatable bonds is 3. The van der Waals surface area contributed by atoms with Gasteiger partial charge in [0.15, 0.2) is 0 Å². The van der Waals surface area contributed by atoms with Crippen LogP contribution in [0.15, 0.2) is 15.8 Å². The molecular formula is C13H18N4O6. The number of fused-ring (bicyclic) bond motifs is 1. The first-order valence-electron chi connectivity index (χ1n) is 7.17. The van der Waals surface area contributed by atoms with Crippen LogP contribution in [0.3, 0.4) is 0 Å². The van der Waals surface area contributed by atoms with Crippen molar-refractivity contribution < 1.29 is 19.0 Å². The molecule has 2 fully saturated rings. The summed E-state index contributed by atoms with van der Waals surface area (Å²) in [6, 6.07) is -1.17. The number of nitrogens with one attached hydrogen (secondary N) is 3. The molecule has 2 aliphatic rings. The van der Waals surface area contributed by atoms with E-state index in [-0.39, 0.29) is 12.7 Å². The highest BCUT2D eigenvalue weighted by Gasteiger charge is 2.48. The highest BCUT2D eigenvalue weighted by Crippen LogP contribution is 2.37. The molecule has 2 saturated heterocycles. The third-order valence-electron chi connectivity index (χ3n) is 4.17. The summed E-state index contributed by atoms with van der Waals surface area (Å²) in [6.45, 7) is 0.278. The summed E-state index contributed by atoms with van der Waals surface area (Å²) in [4.78, 5) is 38.8. The van der Waals surface area contributed by atoms with E-state index in [1.54, 1.807) is 0 Å². The summed E-state index contributed by atoms with van der Waals surface area (Å²) < 4.78 is 16.9. The predicted octanol–water partition coefficient (Wildman–Crippen LogP) is -1.66. The van der Waals surface area contributed by atoms with Crippen LogP contribution >= 0.6 is 0 Å². The average molecular weight is 326 g/mol. The molecule has 0 aromatic carbocycles. The average Bonchev–Trinajstić information content (AvgIpc) is 2.91. The maximum absolute atomic E-state index is 11.9. The molecule has 0 radical (unpaired) electrons. The van der Waals surface area contributed by atoms with Crippen molar-refractivity contribution in [2.75, 3.05) is 13.7 Å². The lowest BCUT2D eigenvalue weighted by Crippen LogP contribution is -2.60. The SMILES string of the molecule is COC1COC2CC(c3c[nH]c(=O)[nH]c3=O)OC2C1NC(N)=O. The van der Waals surface area contributed by atoms with Crippen molar-refractivity contribution in [2.45, 2.75) is 36.9 Å². The molecule has 0 bridgehead atoms. The molecule has 5 N–H and O–H groups in total. The second-order valence-electron chi connectivity index (χ2n) is 5.53. The van der Waals surface area contributed by atoms with Crippen molar-refractivity contribution in [1.82, 2.24) is 15.3 Å². The smallest absolute Gasteiger partial charge is 0.325 e. The molecule has 5 atom stereocenters. The summed E-state index contributed by atoms with van der Waals surface area (Å²) in [5.41, 5.74) is 4.41. The molecule has 23 heavy (non-hydrogen) atoms. The minimum Gasteiger partial charge on any atom is -0.377 e. The molecule has 3 rings (SSSR count). The molecule has 1 aromatic rings. The standard InChI is InChI=1S/C13H18N4O6/c1-21-8-4-22-7-2-6(5-3-15-13(20)17-11(5)18)23-10(7)9(8)16-12(14)19/h3,6-10H,2,4H2,1H3,(H3,14,16,19)(H2,15,17,18,20). The molecule has 10 heteroatoms. The largest absolute Gasteiger partial charge is 0.377 e. The highest BCUT2D eigenvalue weighted by molar-refractivity contribution is 5.72. The van der Waals surface area contributed by atoms with Crippen molar-refractivity contribution in [2.24, 2.45) is 5.73 Å². The lowest BCUT2D eigenvalue weighted by atomic mass is 9.96. The molecule has 0 saturated carbocycles. The number of nitrogens with two attached hydrogens (primary N) is 1.